The average molecular weight is 261 g/mol. The van der Waals surface area contributed by atoms with Crippen molar-refractivity contribution >= 4 is 17.3 Å². The number of nitro groups is 1. The molecule has 1 aromatic rings. The Hall–Kier alpha value is -1.37. The first-order chi connectivity index (χ1) is 8.04. The van der Waals surface area contributed by atoms with Crippen molar-refractivity contribution < 1.29 is 14.8 Å². The molecule has 94 valence electrons. The maximum absolute atomic E-state index is 10.5. The fraction of sp³-hybridized carbons (Fsp3) is 0.400. The minimum atomic E-state index is -0.644. The molecular weight excluding hydrogens is 248 g/mol. The SMILES string of the molecule is CNCC(O)COc1ccc([N+](=O)[O-])c(Cl)c1. The maximum Gasteiger partial charge on any atom is 0.288 e. The summed E-state index contributed by atoms with van der Waals surface area (Å²) in [6.07, 6.45) is -0.644. The lowest BCUT2D eigenvalue weighted by atomic mass is 10.3. The monoisotopic (exact) mass is 260 g/mol. The van der Waals surface area contributed by atoms with Crippen LogP contribution in [0.15, 0.2) is 18.2 Å². The van der Waals surface area contributed by atoms with Crippen LogP contribution in [0.1, 0.15) is 0 Å². The summed E-state index contributed by atoms with van der Waals surface area (Å²) in [5.41, 5.74) is -0.171. The van der Waals surface area contributed by atoms with Gasteiger partial charge in [0.05, 0.1) is 4.92 Å². The molecule has 1 atom stereocenters. The van der Waals surface area contributed by atoms with Crippen molar-refractivity contribution in [2.24, 2.45) is 0 Å². The number of hydrogen-bond acceptors (Lipinski definition) is 5. The zero-order valence-electron chi connectivity index (χ0n) is 9.22. The van der Waals surface area contributed by atoms with Gasteiger partial charge in [0.2, 0.25) is 0 Å². The average Bonchev–Trinajstić information content (AvgIpc) is 2.26. The Labute approximate surface area is 103 Å². The van der Waals surface area contributed by atoms with E-state index in [9.17, 15) is 15.2 Å². The number of hydrogen-bond donors (Lipinski definition) is 2. The fourth-order valence-electron chi connectivity index (χ4n) is 1.21. The van der Waals surface area contributed by atoms with E-state index in [4.69, 9.17) is 16.3 Å². The quantitative estimate of drug-likeness (QED) is 0.593. The van der Waals surface area contributed by atoms with E-state index in [2.05, 4.69) is 5.32 Å². The van der Waals surface area contributed by atoms with E-state index in [-0.39, 0.29) is 17.3 Å². The molecule has 0 radical (unpaired) electrons. The topological polar surface area (TPSA) is 84.6 Å². The summed E-state index contributed by atoms with van der Waals surface area (Å²) in [4.78, 5) is 9.95. The van der Waals surface area contributed by atoms with Crippen molar-refractivity contribution in [1.29, 1.82) is 0 Å². The van der Waals surface area contributed by atoms with Gasteiger partial charge in [-0.2, -0.15) is 0 Å². The summed E-state index contributed by atoms with van der Waals surface area (Å²) in [6.45, 7) is 0.496. The third-order valence-corrected chi connectivity index (χ3v) is 2.30. The predicted octanol–water partition coefficient (Wildman–Crippen LogP) is 1.21. The van der Waals surface area contributed by atoms with Crippen molar-refractivity contribution in [2.75, 3.05) is 20.2 Å². The molecular formula is C10H13ClN2O4. The van der Waals surface area contributed by atoms with E-state index < -0.39 is 11.0 Å². The number of rotatable bonds is 6. The molecule has 0 aliphatic rings. The van der Waals surface area contributed by atoms with Crippen LogP contribution >= 0.6 is 11.6 Å². The summed E-state index contributed by atoms with van der Waals surface area (Å²) in [7, 11) is 1.71. The molecule has 0 aromatic heterocycles. The van der Waals surface area contributed by atoms with Crippen molar-refractivity contribution in [3.05, 3.63) is 33.3 Å². The van der Waals surface area contributed by atoms with Gasteiger partial charge >= 0.3 is 0 Å². The van der Waals surface area contributed by atoms with Crippen LogP contribution in [-0.2, 0) is 0 Å². The first kappa shape index (κ1) is 13.7. The minimum Gasteiger partial charge on any atom is -0.491 e. The van der Waals surface area contributed by atoms with Gasteiger partial charge in [0.25, 0.3) is 5.69 Å². The van der Waals surface area contributed by atoms with E-state index in [1.54, 1.807) is 7.05 Å². The van der Waals surface area contributed by atoms with Crippen LogP contribution in [0.5, 0.6) is 5.75 Å². The number of nitro benzene ring substituents is 1. The summed E-state index contributed by atoms with van der Waals surface area (Å²) >= 11 is 5.70. The molecule has 0 saturated carbocycles. The zero-order chi connectivity index (χ0) is 12.8. The molecule has 0 amide bonds. The molecule has 1 unspecified atom stereocenters. The normalized spacial score (nSPS) is 12.2. The molecule has 1 aromatic carbocycles. The first-order valence-corrected chi connectivity index (χ1v) is 5.31. The first-order valence-electron chi connectivity index (χ1n) is 4.94. The lowest BCUT2D eigenvalue weighted by Crippen LogP contribution is -2.29. The summed E-state index contributed by atoms with van der Waals surface area (Å²) in [5, 5.41) is 22.7. The Morgan fingerprint density at radius 1 is 1.65 bits per heavy atom. The lowest BCUT2D eigenvalue weighted by molar-refractivity contribution is -0.384. The summed E-state index contributed by atoms with van der Waals surface area (Å²) in [5.74, 6) is 0.385. The van der Waals surface area contributed by atoms with Gasteiger partial charge in [-0.05, 0) is 13.1 Å². The molecule has 7 heteroatoms. The van der Waals surface area contributed by atoms with Crippen LogP contribution in [0.4, 0.5) is 5.69 Å². The number of likely N-dealkylation sites (N-methyl/N-ethyl adjacent to an activating group) is 1. The molecule has 0 bridgehead atoms. The largest absolute Gasteiger partial charge is 0.491 e. The van der Waals surface area contributed by atoms with Gasteiger partial charge in [0.1, 0.15) is 23.5 Å². The Morgan fingerprint density at radius 2 is 2.35 bits per heavy atom. The number of nitrogens with zero attached hydrogens (tertiary/aromatic N) is 1. The molecule has 0 saturated heterocycles. The molecule has 0 aliphatic carbocycles. The van der Waals surface area contributed by atoms with Crippen LogP contribution in [0.3, 0.4) is 0 Å². The molecule has 17 heavy (non-hydrogen) atoms. The van der Waals surface area contributed by atoms with Gasteiger partial charge in [-0.25, -0.2) is 0 Å². The molecule has 0 heterocycles. The maximum atomic E-state index is 10.5. The summed E-state index contributed by atoms with van der Waals surface area (Å²) < 4.78 is 5.24. The van der Waals surface area contributed by atoms with Crippen molar-refractivity contribution in [3.63, 3.8) is 0 Å². The highest BCUT2D eigenvalue weighted by molar-refractivity contribution is 6.32. The highest BCUT2D eigenvalue weighted by Gasteiger charge is 2.13. The molecule has 0 fully saturated rings. The second-order valence-corrected chi connectivity index (χ2v) is 3.80. The van der Waals surface area contributed by atoms with E-state index >= 15 is 0 Å². The highest BCUT2D eigenvalue weighted by Crippen LogP contribution is 2.28. The second kappa shape index (κ2) is 6.39. The van der Waals surface area contributed by atoms with Gasteiger partial charge in [-0.1, -0.05) is 11.6 Å². The Morgan fingerprint density at radius 3 is 2.88 bits per heavy atom. The second-order valence-electron chi connectivity index (χ2n) is 3.39. The smallest absolute Gasteiger partial charge is 0.288 e. The van der Waals surface area contributed by atoms with Crippen LogP contribution in [-0.4, -0.2) is 36.3 Å². The fourth-order valence-corrected chi connectivity index (χ4v) is 1.45. The number of aliphatic hydroxyl groups is 1. The third kappa shape index (κ3) is 4.18. The van der Waals surface area contributed by atoms with Gasteiger partial charge in [-0.15, -0.1) is 0 Å². The van der Waals surface area contributed by atoms with Crippen LogP contribution < -0.4 is 10.1 Å². The molecule has 0 spiro atoms. The van der Waals surface area contributed by atoms with Gasteiger partial charge < -0.3 is 15.2 Å². The molecule has 0 aliphatic heterocycles. The molecule has 2 N–H and O–H groups in total. The van der Waals surface area contributed by atoms with Gasteiger partial charge in [0, 0.05) is 18.7 Å². The lowest BCUT2D eigenvalue weighted by Gasteiger charge is -2.11. The number of aliphatic hydroxyl groups excluding tert-OH is 1. The van der Waals surface area contributed by atoms with Gasteiger partial charge in [0.15, 0.2) is 0 Å². The standard InChI is InChI=1S/C10H13ClN2O4/c1-12-5-7(14)6-17-8-2-3-10(13(15)16)9(11)4-8/h2-4,7,12,14H,5-6H2,1H3. The van der Waals surface area contributed by atoms with Crippen molar-refractivity contribution in [2.45, 2.75) is 6.10 Å². The van der Waals surface area contributed by atoms with Crippen LogP contribution in [0, 0.1) is 10.1 Å². The Balaban J connectivity index is 2.62. The van der Waals surface area contributed by atoms with Crippen molar-refractivity contribution in [1.82, 2.24) is 5.32 Å². The van der Waals surface area contributed by atoms with Crippen LogP contribution in [0.25, 0.3) is 0 Å². The number of halogens is 1. The third-order valence-electron chi connectivity index (χ3n) is 2.00. The number of nitrogens with one attached hydrogen (secondary N) is 1. The van der Waals surface area contributed by atoms with E-state index in [0.717, 1.165) is 0 Å². The van der Waals surface area contributed by atoms with E-state index in [0.29, 0.717) is 12.3 Å². The zero-order valence-corrected chi connectivity index (χ0v) is 9.98. The predicted molar refractivity (Wildman–Crippen MR) is 63.5 cm³/mol. The number of ether oxygens (including phenoxy) is 1. The highest BCUT2D eigenvalue weighted by atomic mass is 35.5. The van der Waals surface area contributed by atoms with Gasteiger partial charge in [-0.3, -0.25) is 10.1 Å². The Kier molecular flexibility index (Phi) is 5.14. The molecule has 6 nitrogen and oxygen atoms in total. The minimum absolute atomic E-state index is 0.00982. The van der Waals surface area contributed by atoms with E-state index in [1.807, 2.05) is 0 Å². The number of benzene rings is 1. The van der Waals surface area contributed by atoms with E-state index in [1.165, 1.54) is 18.2 Å². The Bertz CT molecular complexity index is 400. The van der Waals surface area contributed by atoms with Crippen LogP contribution in [0.2, 0.25) is 5.02 Å². The summed E-state index contributed by atoms with van der Waals surface area (Å²) in [6, 6.07) is 4.06. The van der Waals surface area contributed by atoms with Crippen molar-refractivity contribution in [3.8, 4) is 5.75 Å². The molecule has 1 rings (SSSR count).